The first-order valence-corrected chi connectivity index (χ1v) is 13.8. The lowest BCUT2D eigenvalue weighted by Gasteiger charge is -2.34. The Morgan fingerprint density at radius 3 is 2.64 bits per heavy atom. The van der Waals surface area contributed by atoms with Crippen LogP contribution in [0.1, 0.15) is 24.0 Å². The van der Waals surface area contributed by atoms with Gasteiger partial charge in [0.1, 0.15) is 18.2 Å². The molecule has 2 aromatic rings. The Hall–Kier alpha value is -2.53. The first-order valence-electron chi connectivity index (χ1n) is 12.4. The van der Waals surface area contributed by atoms with Gasteiger partial charge in [-0.1, -0.05) is 18.2 Å². The highest BCUT2D eigenvalue weighted by molar-refractivity contribution is 7.89. The van der Waals surface area contributed by atoms with Gasteiger partial charge in [-0.15, -0.1) is 0 Å². The largest absolute Gasteiger partial charge is 0.492 e. The van der Waals surface area contributed by atoms with E-state index in [-0.39, 0.29) is 16.8 Å². The zero-order valence-corrected chi connectivity index (χ0v) is 21.8. The molecular weight excluding hydrogens is 483 g/mol. The number of hydrogen-bond acceptors (Lipinski definition) is 6. The molecule has 2 heterocycles. The van der Waals surface area contributed by atoms with E-state index in [0.29, 0.717) is 51.3 Å². The Bertz CT molecular complexity index is 1170. The van der Waals surface area contributed by atoms with Crippen molar-refractivity contribution in [2.24, 2.45) is 0 Å². The quantitative estimate of drug-likeness (QED) is 0.520. The molecule has 4 rings (SSSR count). The minimum absolute atomic E-state index is 0.0396. The molecule has 2 aromatic carbocycles. The lowest BCUT2D eigenvalue weighted by Crippen LogP contribution is -2.49. The van der Waals surface area contributed by atoms with Gasteiger partial charge in [-0.25, -0.2) is 12.8 Å². The number of sulfonamides is 1. The van der Waals surface area contributed by atoms with Crippen molar-refractivity contribution >= 4 is 15.9 Å². The highest BCUT2D eigenvalue weighted by atomic mass is 32.2. The normalized spacial score (nSPS) is 19.6. The van der Waals surface area contributed by atoms with Crippen LogP contribution in [0, 0.1) is 12.7 Å². The molecule has 2 fully saturated rings. The summed E-state index contributed by atoms with van der Waals surface area (Å²) in [4.78, 5) is 15.8. The van der Waals surface area contributed by atoms with Crippen LogP contribution in [0.3, 0.4) is 0 Å². The van der Waals surface area contributed by atoms with E-state index < -0.39 is 15.8 Å². The number of nitrogens with one attached hydrogen (secondary N) is 1. The van der Waals surface area contributed by atoms with E-state index in [1.54, 1.807) is 6.92 Å². The number of carbonyl (C=O) groups excluding carboxylic acids is 1. The second-order valence-corrected chi connectivity index (χ2v) is 11.6. The third-order valence-electron chi connectivity index (χ3n) is 6.74. The van der Waals surface area contributed by atoms with E-state index in [2.05, 4.69) is 21.2 Å². The van der Waals surface area contributed by atoms with E-state index in [4.69, 9.17) is 4.74 Å². The predicted octanol–water partition coefficient (Wildman–Crippen LogP) is 2.23. The molecule has 0 aliphatic carbocycles. The third kappa shape index (κ3) is 6.82. The average Bonchev–Trinajstić information content (AvgIpc) is 3.25. The zero-order chi connectivity index (χ0) is 25.7. The van der Waals surface area contributed by atoms with Gasteiger partial charge >= 0.3 is 0 Å². The second kappa shape index (κ2) is 11.7. The fourth-order valence-electron chi connectivity index (χ4n) is 4.78. The molecule has 1 N–H and O–H groups in total. The van der Waals surface area contributed by atoms with Crippen LogP contribution in [0.5, 0.6) is 5.75 Å². The number of ether oxygens (including phenoxy) is 1. The molecule has 0 spiro atoms. The summed E-state index contributed by atoms with van der Waals surface area (Å²) in [7, 11) is -1.67. The molecule has 0 radical (unpaired) electrons. The van der Waals surface area contributed by atoms with Crippen molar-refractivity contribution in [2.45, 2.75) is 37.2 Å². The molecule has 0 saturated carbocycles. The number of carbonyl (C=O) groups is 1. The molecule has 196 valence electrons. The molecular formula is C26H35FN4O4S. The van der Waals surface area contributed by atoms with Crippen LogP contribution in [0.2, 0.25) is 0 Å². The maximum absolute atomic E-state index is 13.6. The standard InChI is InChI=1S/C26H35FN4O4S/c1-20-6-7-22(27)17-25(20)36(33,34)31-12-10-30(11-13-31)14-15-35-24-5-3-4-21(16-24)18-29(2)19-23-8-9-26(32)28-23/h3-7,16-17,23H,8-15,18-19H2,1-2H3,(H,28,32)/t23-/m1/s1. The van der Waals surface area contributed by atoms with E-state index in [0.717, 1.165) is 36.9 Å². The van der Waals surface area contributed by atoms with Crippen LogP contribution in [0.15, 0.2) is 47.4 Å². The summed E-state index contributed by atoms with van der Waals surface area (Å²) in [5, 5.41) is 3.00. The number of likely N-dealkylation sites (N-methyl/N-ethyl adjacent to an activating group) is 1. The Kier molecular flexibility index (Phi) is 8.61. The molecule has 8 nitrogen and oxygen atoms in total. The minimum Gasteiger partial charge on any atom is -0.492 e. The molecule has 2 aliphatic heterocycles. The average molecular weight is 519 g/mol. The lowest BCUT2D eigenvalue weighted by atomic mass is 10.1. The first kappa shape index (κ1) is 26.5. The predicted molar refractivity (Wildman–Crippen MR) is 136 cm³/mol. The maximum atomic E-state index is 13.6. The van der Waals surface area contributed by atoms with E-state index in [1.165, 1.54) is 16.4 Å². The van der Waals surface area contributed by atoms with Crippen molar-refractivity contribution in [1.82, 2.24) is 19.4 Å². The molecule has 2 aliphatic rings. The van der Waals surface area contributed by atoms with Gasteiger partial charge in [0, 0.05) is 58.3 Å². The number of benzene rings is 2. The van der Waals surface area contributed by atoms with Gasteiger partial charge in [-0.2, -0.15) is 4.31 Å². The minimum atomic E-state index is -3.72. The molecule has 0 bridgehead atoms. The van der Waals surface area contributed by atoms with Crippen molar-refractivity contribution < 1.29 is 22.3 Å². The number of amides is 1. The summed E-state index contributed by atoms with van der Waals surface area (Å²) < 4.78 is 47.0. The van der Waals surface area contributed by atoms with Gasteiger partial charge < -0.3 is 15.0 Å². The zero-order valence-electron chi connectivity index (χ0n) is 21.0. The molecule has 1 atom stereocenters. The summed E-state index contributed by atoms with van der Waals surface area (Å²) in [6, 6.07) is 12.1. The number of halogens is 1. The number of nitrogens with zero attached hydrogens (tertiary/aromatic N) is 3. The van der Waals surface area contributed by atoms with Crippen molar-refractivity contribution in [2.75, 3.05) is 52.9 Å². The van der Waals surface area contributed by atoms with Crippen molar-refractivity contribution in [3.8, 4) is 5.75 Å². The number of piperazine rings is 1. The van der Waals surface area contributed by atoms with Gasteiger partial charge in [0.25, 0.3) is 0 Å². The van der Waals surface area contributed by atoms with Gasteiger partial charge in [0.05, 0.1) is 4.90 Å². The number of hydrogen-bond donors (Lipinski definition) is 1. The molecule has 0 unspecified atom stereocenters. The summed E-state index contributed by atoms with van der Waals surface area (Å²) in [6.45, 7) is 6.38. The Morgan fingerprint density at radius 1 is 1.14 bits per heavy atom. The smallest absolute Gasteiger partial charge is 0.243 e. The van der Waals surface area contributed by atoms with Gasteiger partial charge in [0.2, 0.25) is 15.9 Å². The summed E-state index contributed by atoms with van der Waals surface area (Å²) in [5.41, 5.74) is 1.69. The molecule has 0 aromatic heterocycles. The highest BCUT2D eigenvalue weighted by Crippen LogP contribution is 2.22. The van der Waals surface area contributed by atoms with Crippen LogP contribution < -0.4 is 10.1 Å². The molecule has 1 amide bonds. The van der Waals surface area contributed by atoms with Crippen LogP contribution in [0.4, 0.5) is 4.39 Å². The summed E-state index contributed by atoms with van der Waals surface area (Å²) in [5.74, 6) is 0.388. The molecule has 2 saturated heterocycles. The Balaban J connectivity index is 1.21. The van der Waals surface area contributed by atoms with Gasteiger partial charge in [-0.3, -0.25) is 9.69 Å². The molecule has 10 heteroatoms. The van der Waals surface area contributed by atoms with Crippen LogP contribution in [-0.2, 0) is 21.4 Å². The topological polar surface area (TPSA) is 82.2 Å². The van der Waals surface area contributed by atoms with E-state index in [9.17, 15) is 17.6 Å². The number of aryl methyl sites for hydroxylation is 1. The van der Waals surface area contributed by atoms with Crippen LogP contribution in [-0.4, -0.2) is 87.4 Å². The first-order chi connectivity index (χ1) is 17.2. The van der Waals surface area contributed by atoms with Crippen molar-refractivity contribution in [3.05, 3.63) is 59.4 Å². The summed E-state index contributed by atoms with van der Waals surface area (Å²) >= 11 is 0. The monoisotopic (exact) mass is 518 g/mol. The third-order valence-corrected chi connectivity index (χ3v) is 8.78. The molecule has 36 heavy (non-hydrogen) atoms. The maximum Gasteiger partial charge on any atom is 0.243 e. The fourth-order valence-corrected chi connectivity index (χ4v) is 6.44. The SMILES string of the molecule is Cc1ccc(F)cc1S(=O)(=O)N1CCN(CCOc2cccc(CN(C)C[C@H]3CCC(=O)N3)c2)CC1. The lowest BCUT2D eigenvalue weighted by molar-refractivity contribution is -0.119. The van der Waals surface area contributed by atoms with E-state index in [1.807, 2.05) is 25.2 Å². The van der Waals surface area contributed by atoms with Gasteiger partial charge in [0.15, 0.2) is 0 Å². The number of rotatable bonds is 10. The Labute approximate surface area is 213 Å². The highest BCUT2D eigenvalue weighted by Gasteiger charge is 2.30. The second-order valence-electron chi connectivity index (χ2n) is 9.65. The van der Waals surface area contributed by atoms with Crippen molar-refractivity contribution in [1.29, 1.82) is 0 Å². The van der Waals surface area contributed by atoms with Crippen LogP contribution >= 0.6 is 0 Å². The van der Waals surface area contributed by atoms with Gasteiger partial charge in [-0.05, 0) is 55.8 Å². The summed E-state index contributed by atoms with van der Waals surface area (Å²) in [6.07, 6.45) is 1.50. The van der Waals surface area contributed by atoms with Crippen LogP contribution in [0.25, 0.3) is 0 Å². The van der Waals surface area contributed by atoms with Crippen molar-refractivity contribution in [3.63, 3.8) is 0 Å². The van der Waals surface area contributed by atoms with E-state index >= 15 is 0 Å². The fraction of sp³-hybridized carbons (Fsp3) is 0.500. The Morgan fingerprint density at radius 2 is 1.92 bits per heavy atom.